The number of anilines is 2. The maximum Gasteiger partial charge on any atom is 0.151 e. The molecule has 0 aliphatic carbocycles. The number of thiophene rings is 2. The Morgan fingerprint density at radius 3 is 2.93 bits per heavy atom. The van der Waals surface area contributed by atoms with E-state index in [1.807, 2.05) is 35.6 Å². The Kier molecular flexibility index (Phi) is 6.52. The van der Waals surface area contributed by atoms with E-state index >= 15 is 0 Å². The summed E-state index contributed by atoms with van der Waals surface area (Å²) in [6.45, 7) is 7.70. The molecule has 0 amide bonds. The zero-order valence-electron chi connectivity index (χ0n) is 15.9. The van der Waals surface area contributed by atoms with Crippen LogP contribution in [0.25, 0.3) is 20.0 Å². The predicted molar refractivity (Wildman–Crippen MR) is 127 cm³/mol. The molecule has 4 aromatic rings. The lowest BCUT2D eigenvalue weighted by atomic mass is 10.3. The van der Waals surface area contributed by atoms with Crippen LogP contribution in [0.4, 0.5) is 11.5 Å². The fourth-order valence-electron chi connectivity index (χ4n) is 2.80. The van der Waals surface area contributed by atoms with Gasteiger partial charge in [0.2, 0.25) is 0 Å². The summed E-state index contributed by atoms with van der Waals surface area (Å²) in [5, 5.41) is 6.79. The highest BCUT2D eigenvalue weighted by atomic mass is 32.1. The second-order valence-corrected chi connectivity index (χ2v) is 9.24. The smallest absolute Gasteiger partial charge is 0.151 e. The van der Waals surface area contributed by atoms with E-state index in [0.29, 0.717) is 0 Å². The molecule has 8 heteroatoms. The summed E-state index contributed by atoms with van der Waals surface area (Å²) >= 11 is 3.53. The highest BCUT2D eigenvalue weighted by molar-refractivity contribution is 7.36. The van der Waals surface area contributed by atoms with Crippen LogP contribution < -0.4 is 15.2 Å². The Labute approximate surface area is 179 Å². The van der Waals surface area contributed by atoms with Crippen molar-refractivity contribution in [3.05, 3.63) is 66.1 Å². The van der Waals surface area contributed by atoms with Crippen molar-refractivity contribution in [3.8, 4) is 15.5 Å². The average molecular weight is 441 g/mol. The minimum atomic E-state index is 0.239. The standard InChI is InChI=1S/C21H21N4OPS2/c1-3-22-12-16-8-9-18(28-16)19-11-17-20(29-19)21(24-13-23-17)25-14-6-5-7-15(10-14)26-27-4-2/h4-11,13,22,27H,2-3,12H2,1H3,(H,23,24,25). The van der Waals surface area contributed by atoms with Crippen molar-refractivity contribution in [2.24, 2.45) is 0 Å². The maximum absolute atomic E-state index is 5.65. The highest BCUT2D eigenvalue weighted by Gasteiger charge is 2.12. The van der Waals surface area contributed by atoms with Crippen molar-refractivity contribution in [3.63, 3.8) is 0 Å². The van der Waals surface area contributed by atoms with E-state index in [2.05, 4.69) is 52.3 Å². The Morgan fingerprint density at radius 2 is 2.07 bits per heavy atom. The van der Waals surface area contributed by atoms with Crippen molar-refractivity contribution in [2.75, 3.05) is 11.9 Å². The lowest BCUT2D eigenvalue weighted by molar-refractivity contribution is 0.638. The first-order valence-electron chi connectivity index (χ1n) is 9.21. The minimum Gasteiger partial charge on any atom is -0.473 e. The van der Waals surface area contributed by atoms with Gasteiger partial charge in [0.15, 0.2) is 5.82 Å². The number of hydrogen-bond acceptors (Lipinski definition) is 7. The molecule has 4 rings (SSSR count). The zero-order chi connectivity index (χ0) is 20.1. The van der Waals surface area contributed by atoms with Gasteiger partial charge in [-0.05, 0) is 42.7 Å². The first kappa shape index (κ1) is 20.0. The molecule has 1 atom stereocenters. The summed E-state index contributed by atoms with van der Waals surface area (Å²) in [5.74, 6) is 3.37. The van der Waals surface area contributed by atoms with Crippen LogP contribution in [0.15, 0.2) is 61.2 Å². The molecule has 1 aromatic carbocycles. The lowest BCUT2D eigenvalue weighted by Gasteiger charge is -2.08. The van der Waals surface area contributed by atoms with Crippen LogP contribution in [0.2, 0.25) is 0 Å². The van der Waals surface area contributed by atoms with E-state index in [9.17, 15) is 0 Å². The predicted octanol–water partition coefficient (Wildman–Crippen LogP) is 6.39. The highest BCUT2D eigenvalue weighted by Crippen LogP contribution is 2.39. The first-order chi connectivity index (χ1) is 14.3. The van der Waals surface area contributed by atoms with Crippen molar-refractivity contribution in [2.45, 2.75) is 13.5 Å². The fourth-order valence-corrected chi connectivity index (χ4v) is 5.26. The third-order valence-corrected chi connectivity index (χ3v) is 7.05. The number of nitrogens with one attached hydrogen (secondary N) is 2. The summed E-state index contributed by atoms with van der Waals surface area (Å²) in [4.78, 5) is 12.7. The Balaban J connectivity index is 1.60. The van der Waals surface area contributed by atoms with Crippen molar-refractivity contribution < 1.29 is 4.52 Å². The molecular formula is C21H21N4OPS2. The molecule has 0 bridgehead atoms. The van der Waals surface area contributed by atoms with Crippen molar-refractivity contribution >= 4 is 53.2 Å². The van der Waals surface area contributed by atoms with Gasteiger partial charge in [0.1, 0.15) is 12.1 Å². The Morgan fingerprint density at radius 1 is 1.14 bits per heavy atom. The number of rotatable bonds is 9. The number of fused-ring (bicyclic) bond motifs is 1. The Bertz CT molecular complexity index is 1120. The molecule has 148 valence electrons. The molecule has 0 fully saturated rings. The van der Waals surface area contributed by atoms with Gasteiger partial charge in [-0.25, -0.2) is 9.97 Å². The van der Waals surface area contributed by atoms with Gasteiger partial charge in [0.25, 0.3) is 0 Å². The molecule has 2 N–H and O–H groups in total. The maximum atomic E-state index is 5.65. The largest absolute Gasteiger partial charge is 0.473 e. The van der Waals surface area contributed by atoms with E-state index < -0.39 is 0 Å². The number of aromatic nitrogens is 2. The first-order valence-corrected chi connectivity index (χ1v) is 11.8. The fraction of sp³-hybridized carbons (Fsp3) is 0.143. The van der Waals surface area contributed by atoms with Crippen LogP contribution in [0.1, 0.15) is 11.8 Å². The molecule has 1 unspecified atom stereocenters. The van der Waals surface area contributed by atoms with Crippen LogP contribution >= 0.6 is 31.5 Å². The number of hydrogen-bond donors (Lipinski definition) is 2. The molecular weight excluding hydrogens is 419 g/mol. The molecule has 0 radical (unpaired) electrons. The van der Waals surface area contributed by atoms with Gasteiger partial charge in [0.05, 0.1) is 19.0 Å². The average Bonchev–Trinajstić information content (AvgIpc) is 3.38. The van der Waals surface area contributed by atoms with Crippen LogP contribution in [0.3, 0.4) is 0 Å². The normalized spacial score (nSPS) is 11.3. The van der Waals surface area contributed by atoms with Gasteiger partial charge in [-0.2, -0.15) is 0 Å². The molecule has 0 aliphatic heterocycles. The topological polar surface area (TPSA) is 59.1 Å². The van der Waals surface area contributed by atoms with Crippen LogP contribution in [0, 0.1) is 0 Å². The van der Waals surface area contributed by atoms with Gasteiger partial charge >= 0.3 is 0 Å². The summed E-state index contributed by atoms with van der Waals surface area (Å²) in [7, 11) is 0.239. The third kappa shape index (κ3) is 4.82. The number of nitrogens with zero attached hydrogens (tertiary/aromatic N) is 2. The summed E-state index contributed by atoms with van der Waals surface area (Å²) in [5.41, 5.74) is 1.88. The molecule has 0 aliphatic rings. The minimum absolute atomic E-state index is 0.239. The van der Waals surface area contributed by atoms with Gasteiger partial charge in [0, 0.05) is 32.9 Å². The molecule has 3 aromatic heterocycles. The van der Waals surface area contributed by atoms with Crippen LogP contribution in [0.5, 0.6) is 5.75 Å². The number of benzene rings is 1. The molecule has 0 saturated heterocycles. The van der Waals surface area contributed by atoms with E-state index in [1.54, 1.807) is 23.5 Å². The quantitative estimate of drug-likeness (QED) is 0.295. The van der Waals surface area contributed by atoms with E-state index in [1.165, 1.54) is 14.6 Å². The van der Waals surface area contributed by atoms with Gasteiger partial charge in [-0.1, -0.05) is 19.6 Å². The second kappa shape index (κ2) is 9.46. The summed E-state index contributed by atoms with van der Waals surface area (Å²) < 4.78 is 6.69. The monoisotopic (exact) mass is 440 g/mol. The van der Waals surface area contributed by atoms with Gasteiger partial charge < -0.3 is 15.2 Å². The van der Waals surface area contributed by atoms with Crippen molar-refractivity contribution in [1.82, 2.24) is 15.3 Å². The molecule has 3 heterocycles. The summed E-state index contributed by atoms with van der Waals surface area (Å²) in [6.07, 6.45) is 1.60. The van der Waals surface area contributed by atoms with Gasteiger partial charge in [-0.3, -0.25) is 0 Å². The third-order valence-electron chi connectivity index (χ3n) is 4.12. The van der Waals surface area contributed by atoms with E-state index in [-0.39, 0.29) is 8.81 Å². The van der Waals surface area contributed by atoms with E-state index in [4.69, 9.17) is 4.52 Å². The van der Waals surface area contributed by atoms with Crippen molar-refractivity contribution in [1.29, 1.82) is 0 Å². The Hall–Kier alpha value is -2.31. The summed E-state index contributed by atoms with van der Waals surface area (Å²) in [6, 6.07) is 14.4. The molecule has 29 heavy (non-hydrogen) atoms. The molecule has 5 nitrogen and oxygen atoms in total. The second-order valence-electron chi connectivity index (χ2n) is 6.17. The van der Waals surface area contributed by atoms with Crippen LogP contribution in [-0.4, -0.2) is 16.5 Å². The molecule has 0 spiro atoms. The van der Waals surface area contributed by atoms with Gasteiger partial charge in [-0.15, -0.1) is 22.7 Å². The molecule has 0 saturated carbocycles. The zero-order valence-corrected chi connectivity index (χ0v) is 18.6. The van der Waals surface area contributed by atoms with E-state index in [0.717, 1.165) is 40.6 Å². The van der Waals surface area contributed by atoms with Crippen LogP contribution in [-0.2, 0) is 6.54 Å². The SMILES string of the molecule is C=CPOc1cccc(Nc2ncnc3cc(-c4ccc(CNCC)s4)sc23)c1. The lowest BCUT2D eigenvalue weighted by Crippen LogP contribution is -2.10.